The Labute approximate surface area is 98.8 Å². The van der Waals surface area contributed by atoms with Gasteiger partial charge in [0.2, 0.25) is 0 Å². The SMILES string of the molecule is CC1(O)CCCN(CC2CCOCC2)CC1. The number of nitrogens with zero attached hydrogens (tertiary/aromatic N) is 1. The van der Waals surface area contributed by atoms with Crippen molar-refractivity contribution < 1.29 is 9.84 Å². The van der Waals surface area contributed by atoms with Crippen LogP contribution in [0.3, 0.4) is 0 Å². The molecule has 1 atom stereocenters. The Kier molecular flexibility index (Phi) is 4.22. The second-order valence-corrected chi connectivity index (χ2v) is 5.71. The number of hydrogen-bond donors (Lipinski definition) is 1. The Balaban J connectivity index is 1.76. The molecule has 1 N–H and O–H groups in total. The van der Waals surface area contributed by atoms with E-state index in [2.05, 4.69) is 4.90 Å². The predicted octanol–water partition coefficient (Wildman–Crippen LogP) is 1.65. The maximum absolute atomic E-state index is 10.0. The van der Waals surface area contributed by atoms with Crippen molar-refractivity contribution in [3.8, 4) is 0 Å². The van der Waals surface area contributed by atoms with Crippen LogP contribution in [0.1, 0.15) is 39.0 Å². The van der Waals surface area contributed by atoms with Gasteiger partial charge in [0, 0.05) is 26.3 Å². The molecule has 1 unspecified atom stereocenters. The fourth-order valence-electron chi connectivity index (χ4n) is 2.80. The summed E-state index contributed by atoms with van der Waals surface area (Å²) in [5.74, 6) is 0.816. The third-order valence-electron chi connectivity index (χ3n) is 4.01. The van der Waals surface area contributed by atoms with E-state index in [0.717, 1.165) is 51.5 Å². The molecule has 0 amide bonds. The molecular weight excluding hydrogens is 202 g/mol. The lowest BCUT2D eigenvalue weighted by Crippen LogP contribution is -2.34. The smallest absolute Gasteiger partial charge is 0.0632 e. The van der Waals surface area contributed by atoms with Crippen molar-refractivity contribution in [3.63, 3.8) is 0 Å². The first-order chi connectivity index (χ1) is 7.66. The van der Waals surface area contributed by atoms with Crippen LogP contribution in [0.25, 0.3) is 0 Å². The Bertz CT molecular complexity index is 212. The molecular formula is C13H25NO2. The summed E-state index contributed by atoms with van der Waals surface area (Å²) >= 11 is 0. The van der Waals surface area contributed by atoms with Gasteiger partial charge in [0.05, 0.1) is 5.60 Å². The third-order valence-corrected chi connectivity index (χ3v) is 4.01. The molecule has 3 nitrogen and oxygen atoms in total. The van der Waals surface area contributed by atoms with E-state index in [1.165, 1.54) is 19.4 Å². The van der Waals surface area contributed by atoms with Crippen LogP contribution >= 0.6 is 0 Å². The first-order valence-corrected chi connectivity index (χ1v) is 6.68. The molecule has 2 heterocycles. The highest BCUT2D eigenvalue weighted by Gasteiger charge is 2.26. The quantitative estimate of drug-likeness (QED) is 0.778. The van der Waals surface area contributed by atoms with E-state index in [-0.39, 0.29) is 0 Å². The summed E-state index contributed by atoms with van der Waals surface area (Å²) in [6, 6.07) is 0. The summed E-state index contributed by atoms with van der Waals surface area (Å²) < 4.78 is 5.39. The van der Waals surface area contributed by atoms with Gasteiger partial charge in [-0.2, -0.15) is 0 Å². The molecule has 0 aliphatic carbocycles. The first-order valence-electron chi connectivity index (χ1n) is 6.68. The second kappa shape index (κ2) is 5.48. The van der Waals surface area contributed by atoms with Crippen LogP contribution in [0, 0.1) is 5.92 Å². The van der Waals surface area contributed by atoms with Crippen LogP contribution < -0.4 is 0 Å². The van der Waals surface area contributed by atoms with E-state index in [4.69, 9.17) is 4.74 Å². The minimum Gasteiger partial charge on any atom is -0.390 e. The van der Waals surface area contributed by atoms with Gasteiger partial charge < -0.3 is 14.7 Å². The minimum atomic E-state index is -0.426. The Hall–Kier alpha value is -0.120. The van der Waals surface area contributed by atoms with E-state index >= 15 is 0 Å². The molecule has 2 fully saturated rings. The summed E-state index contributed by atoms with van der Waals surface area (Å²) in [7, 11) is 0. The van der Waals surface area contributed by atoms with Gasteiger partial charge in [-0.25, -0.2) is 0 Å². The monoisotopic (exact) mass is 227 g/mol. The largest absolute Gasteiger partial charge is 0.390 e. The van der Waals surface area contributed by atoms with Crippen LogP contribution in [0.5, 0.6) is 0 Å². The lowest BCUT2D eigenvalue weighted by molar-refractivity contribution is 0.0385. The van der Waals surface area contributed by atoms with Crippen molar-refractivity contribution in [2.75, 3.05) is 32.8 Å². The first kappa shape index (κ1) is 12.3. The van der Waals surface area contributed by atoms with Gasteiger partial charge in [0.25, 0.3) is 0 Å². The topological polar surface area (TPSA) is 32.7 Å². The highest BCUT2D eigenvalue weighted by atomic mass is 16.5. The van der Waals surface area contributed by atoms with Gasteiger partial charge in [-0.05, 0) is 51.5 Å². The van der Waals surface area contributed by atoms with Gasteiger partial charge >= 0.3 is 0 Å². The summed E-state index contributed by atoms with van der Waals surface area (Å²) in [5.41, 5.74) is -0.426. The third kappa shape index (κ3) is 3.72. The van der Waals surface area contributed by atoms with Crippen molar-refractivity contribution in [1.82, 2.24) is 4.90 Å². The number of aliphatic hydroxyl groups is 1. The lowest BCUT2D eigenvalue weighted by atomic mass is 9.98. The molecule has 0 radical (unpaired) electrons. The maximum Gasteiger partial charge on any atom is 0.0632 e. The molecule has 2 aliphatic heterocycles. The highest BCUT2D eigenvalue weighted by molar-refractivity contribution is 4.80. The Morgan fingerprint density at radius 1 is 1.25 bits per heavy atom. The van der Waals surface area contributed by atoms with Gasteiger partial charge in [-0.1, -0.05) is 0 Å². The summed E-state index contributed by atoms with van der Waals surface area (Å²) in [5, 5.41) is 10.0. The minimum absolute atomic E-state index is 0.426. The van der Waals surface area contributed by atoms with Crippen LogP contribution in [0.15, 0.2) is 0 Å². The van der Waals surface area contributed by atoms with Gasteiger partial charge in [0.15, 0.2) is 0 Å². The molecule has 0 bridgehead atoms. The molecule has 2 saturated heterocycles. The van der Waals surface area contributed by atoms with E-state index in [0.29, 0.717) is 0 Å². The molecule has 0 spiro atoms. The van der Waals surface area contributed by atoms with Gasteiger partial charge in [0.1, 0.15) is 0 Å². The molecule has 0 aromatic carbocycles. The summed E-state index contributed by atoms with van der Waals surface area (Å²) in [6.45, 7) is 7.29. The Morgan fingerprint density at radius 2 is 2.00 bits per heavy atom. The zero-order valence-electron chi connectivity index (χ0n) is 10.5. The number of likely N-dealkylation sites (tertiary alicyclic amines) is 1. The van der Waals surface area contributed by atoms with Gasteiger partial charge in [-0.15, -0.1) is 0 Å². The molecule has 0 aromatic heterocycles. The average Bonchev–Trinajstić information content (AvgIpc) is 2.42. The zero-order valence-corrected chi connectivity index (χ0v) is 10.5. The maximum atomic E-state index is 10.0. The average molecular weight is 227 g/mol. The number of ether oxygens (including phenoxy) is 1. The molecule has 2 rings (SSSR count). The van der Waals surface area contributed by atoms with Gasteiger partial charge in [-0.3, -0.25) is 0 Å². The molecule has 0 saturated carbocycles. The van der Waals surface area contributed by atoms with Crippen LogP contribution in [-0.4, -0.2) is 48.5 Å². The Morgan fingerprint density at radius 3 is 2.75 bits per heavy atom. The molecule has 94 valence electrons. The standard InChI is InChI=1S/C13H25NO2/c1-13(15)5-2-7-14(8-6-13)11-12-3-9-16-10-4-12/h12,15H,2-11H2,1H3. The zero-order chi connectivity index (χ0) is 11.4. The summed E-state index contributed by atoms with van der Waals surface area (Å²) in [6.07, 6.45) is 5.45. The lowest BCUT2D eigenvalue weighted by Gasteiger charge is -2.29. The number of hydrogen-bond acceptors (Lipinski definition) is 3. The van der Waals surface area contributed by atoms with Crippen LogP contribution in [0.2, 0.25) is 0 Å². The van der Waals surface area contributed by atoms with Crippen molar-refractivity contribution in [2.45, 2.75) is 44.6 Å². The van der Waals surface area contributed by atoms with Crippen molar-refractivity contribution in [1.29, 1.82) is 0 Å². The van der Waals surface area contributed by atoms with E-state index in [1.54, 1.807) is 0 Å². The molecule has 3 heteroatoms. The molecule has 0 aromatic rings. The van der Waals surface area contributed by atoms with E-state index in [1.807, 2.05) is 6.92 Å². The normalized spacial score (nSPS) is 34.9. The highest BCUT2D eigenvalue weighted by Crippen LogP contribution is 2.23. The van der Waals surface area contributed by atoms with E-state index < -0.39 is 5.60 Å². The number of rotatable bonds is 2. The van der Waals surface area contributed by atoms with Crippen molar-refractivity contribution >= 4 is 0 Å². The fraction of sp³-hybridized carbons (Fsp3) is 1.00. The second-order valence-electron chi connectivity index (χ2n) is 5.71. The predicted molar refractivity (Wildman–Crippen MR) is 64.5 cm³/mol. The van der Waals surface area contributed by atoms with E-state index in [9.17, 15) is 5.11 Å². The molecule has 2 aliphatic rings. The van der Waals surface area contributed by atoms with Crippen LogP contribution in [-0.2, 0) is 4.74 Å². The fourth-order valence-corrected chi connectivity index (χ4v) is 2.80. The van der Waals surface area contributed by atoms with Crippen molar-refractivity contribution in [2.24, 2.45) is 5.92 Å². The summed E-state index contributed by atoms with van der Waals surface area (Å²) in [4.78, 5) is 2.54. The van der Waals surface area contributed by atoms with Crippen LogP contribution in [0.4, 0.5) is 0 Å². The van der Waals surface area contributed by atoms with Crippen molar-refractivity contribution in [3.05, 3.63) is 0 Å². The molecule has 16 heavy (non-hydrogen) atoms.